The maximum absolute atomic E-state index is 12.6. The standard InChI is InChI=1S/C17H10Cl2N2O5S/c18-11-5-9(6-12(19)15(11)22)7-14-16(23)20(17(24)27-14)8-10-3-1-2-4-13(10)21(25)26/h1-7,22H,8H2/b14-7-. The zero-order valence-electron chi connectivity index (χ0n) is 13.4. The predicted molar refractivity (Wildman–Crippen MR) is 103 cm³/mol. The molecule has 7 nitrogen and oxygen atoms in total. The Bertz CT molecular complexity index is 986. The number of nitro benzene ring substituents is 1. The summed E-state index contributed by atoms with van der Waals surface area (Å²) < 4.78 is 0. The van der Waals surface area contributed by atoms with E-state index in [-0.39, 0.29) is 38.5 Å². The maximum atomic E-state index is 12.6. The SMILES string of the molecule is O=C1S/C(=C\c2cc(Cl)c(O)c(Cl)c2)C(=O)N1Cc1ccccc1[N+](=O)[O-]. The number of rotatable bonds is 4. The van der Waals surface area contributed by atoms with Gasteiger partial charge in [0.15, 0.2) is 5.75 Å². The Morgan fingerprint density at radius 3 is 2.44 bits per heavy atom. The first-order valence-electron chi connectivity index (χ1n) is 7.43. The Labute approximate surface area is 167 Å². The molecule has 0 aliphatic carbocycles. The number of nitro groups is 1. The van der Waals surface area contributed by atoms with Crippen molar-refractivity contribution in [2.45, 2.75) is 6.54 Å². The lowest BCUT2D eigenvalue weighted by Gasteiger charge is -2.12. The average Bonchev–Trinajstić information content (AvgIpc) is 2.87. The summed E-state index contributed by atoms with van der Waals surface area (Å²) in [4.78, 5) is 36.4. The topological polar surface area (TPSA) is 101 Å². The molecule has 0 bridgehead atoms. The second-order valence-corrected chi connectivity index (χ2v) is 7.29. The van der Waals surface area contributed by atoms with E-state index in [0.29, 0.717) is 17.3 Å². The average molecular weight is 425 g/mol. The Morgan fingerprint density at radius 1 is 1.19 bits per heavy atom. The van der Waals surface area contributed by atoms with Gasteiger partial charge in [0.1, 0.15) is 0 Å². The molecule has 1 heterocycles. The number of carbonyl (C=O) groups excluding carboxylic acids is 2. The van der Waals surface area contributed by atoms with E-state index in [1.807, 2.05) is 0 Å². The molecule has 0 unspecified atom stereocenters. The number of para-hydroxylation sites is 1. The molecule has 2 aromatic rings. The summed E-state index contributed by atoms with van der Waals surface area (Å²) in [5, 5.41) is 20.2. The molecule has 2 amide bonds. The zero-order chi connectivity index (χ0) is 19.7. The Kier molecular flexibility index (Phi) is 5.41. The van der Waals surface area contributed by atoms with E-state index >= 15 is 0 Å². The van der Waals surface area contributed by atoms with Crippen molar-refractivity contribution in [3.8, 4) is 5.75 Å². The molecule has 1 fully saturated rings. The number of carbonyl (C=O) groups is 2. The molecule has 1 aliphatic heterocycles. The highest BCUT2D eigenvalue weighted by Crippen LogP contribution is 2.37. The van der Waals surface area contributed by atoms with Gasteiger partial charge in [0.2, 0.25) is 0 Å². The maximum Gasteiger partial charge on any atom is 0.293 e. The third-order valence-corrected chi connectivity index (χ3v) is 5.21. The van der Waals surface area contributed by atoms with Gasteiger partial charge in [-0.3, -0.25) is 24.6 Å². The molecule has 138 valence electrons. The first kappa shape index (κ1) is 19.2. The molecule has 0 atom stereocenters. The van der Waals surface area contributed by atoms with Crippen molar-refractivity contribution in [1.29, 1.82) is 0 Å². The normalized spacial score (nSPS) is 15.6. The van der Waals surface area contributed by atoms with Gasteiger partial charge in [-0.25, -0.2) is 0 Å². The first-order valence-corrected chi connectivity index (χ1v) is 9.01. The fourth-order valence-corrected chi connectivity index (χ4v) is 3.79. The van der Waals surface area contributed by atoms with Gasteiger partial charge in [-0.15, -0.1) is 0 Å². The zero-order valence-corrected chi connectivity index (χ0v) is 15.7. The van der Waals surface area contributed by atoms with Gasteiger partial charge in [0.05, 0.1) is 26.4 Å². The van der Waals surface area contributed by atoms with E-state index in [1.165, 1.54) is 36.4 Å². The van der Waals surface area contributed by atoms with Crippen LogP contribution in [0.2, 0.25) is 10.0 Å². The van der Waals surface area contributed by atoms with Gasteiger partial charge in [-0.05, 0) is 35.5 Å². The van der Waals surface area contributed by atoms with E-state index in [2.05, 4.69) is 0 Å². The Balaban J connectivity index is 1.89. The molecule has 10 heteroatoms. The number of nitrogens with zero attached hydrogens (tertiary/aromatic N) is 2. The third kappa shape index (κ3) is 3.92. The molecule has 0 aromatic heterocycles. The van der Waals surface area contributed by atoms with Crippen molar-refractivity contribution < 1.29 is 19.6 Å². The number of hydrogen-bond donors (Lipinski definition) is 1. The molecule has 1 N–H and O–H groups in total. The van der Waals surface area contributed by atoms with Crippen LogP contribution in [0.25, 0.3) is 6.08 Å². The second kappa shape index (κ2) is 7.59. The van der Waals surface area contributed by atoms with Crippen LogP contribution in [0, 0.1) is 10.1 Å². The Morgan fingerprint density at radius 2 is 1.81 bits per heavy atom. The van der Waals surface area contributed by atoms with E-state index in [0.717, 1.165) is 4.90 Å². The van der Waals surface area contributed by atoms with E-state index < -0.39 is 16.1 Å². The molecule has 0 radical (unpaired) electrons. The summed E-state index contributed by atoms with van der Waals surface area (Å²) in [6, 6.07) is 8.71. The van der Waals surface area contributed by atoms with Crippen LogP contribution in [-0.4, -0.2) is 26.1 Å². The number of halogens is 2. The van der Waals surface area contributed by atoms with Crippen molar-refractivity contribution in [1.82, 2.24) is 4.90 Å². The summed E-state index contributed by atoms with van der Waals surface area (Å²) in [6.07, 6.45) is 1.42. The number of benzene rings is 2. The summed E-state index contributed by atoms with van der Waals surface area (Å²) in [5.41, 5.74) is 0.512. The molecular formula is C17H10Cl2N2O5S. The van der Waals surface area contributed by atoms with Gasteiger partial charge >= 0.3 is 0 Å². The van der Waals surface area contributed by atoms with Crippen LogP contribution in [-0.2, 0) is 11.3 Å². The molecule has 1 aliphatic rings. The number of thioether (sulfide) groups is 1. The largest absolute Gasteiger partial charge is 0.505 e. The minimum absolute atomic E-state index is 0.00730. The summed E-state index contributed by atoms with van der Waals surface area (Å²) in [6.45, 7) is -0.212. The highest BCUT2D eigenvalue weighted by atomic mass is 35.5. The highest BCUT2D eigenvalue weighted by molar-refractivity contribution is 8.18. The lowest BCUT2D eigenvalue weighted by molar-refractivity contribution is -0.385. The van der Waals surface area contributed by atoms with Gasteiger partial charge < -0.3 is 5.11 Å². The van der Waals surface area contributed by atoms with E-state index in [1.54, 1.807) is 6.07 Å². The van der Waals surface area contributed by atoms with Gasteiger partial charge in [0.25, 0.3) is 16.8 Å². The Hall–Kier alpha value is -2.55. The number of phenols is 1. The molecular weight excluding hydrogens is 415 g/mol. The second-order valence-electron chi connectivity index (χ2n) is 5.49. The number of phenolic OH excluding ortho intramolecular Hbond substituents is 1. The van der Waals surface area contributed by atoms with E-state index in [9.17, 15) is 24.8 Å². The molecule has 2 aromatic carbocycles. The fraction of sp³-hybridized carbons (Fsp3) is 0.0588. The first-order chi connectivity index (χ1) is 12.8. The quantitative estimate of drug-likeness (QED) is 0.427. The van der Waals surface area contributed by atoms with Crippen molar-refractivity contribution in [2.75, 3.05) is 0 Å². The summed E-state index contributed by atoms with van der Waals surface area (Å²) in [5.74, 6) is -0.858. The van der Waals surface area contributed by atoms with Gasteiger partial charge in [-0.1, -0.05) is 41.4 Å². The van der Waals surface area contributed by atoms with Gasteiger partial charge in [-0.2, -0.15) is 0 Å². The van der Waals surface area contributed by atoms with Gasteiger partial charge in [0, 0.05) is 11.6 Å². The molecule has 27 heavy (non-hydrogen) atoms. The van der Waals surface area contributed by atoms with Crippen LogP contribution in [0.15, 0.2) is 41.3 Å². The number of aromatic hydroxyl groups is 1. The van der Waals surface area contributed by atoms with Crippen molar-refractivity contribution in [3.63, 3.8) is 0 Å². The fourth-order valence-electron chi connectivity index (χ4n) is 2.45. The molecule has 3 rings (SSSR count). The summed E-state index contributed by atoms with van der Waals surface area (Å²) in [7, 11) is 0. The number of hydrogen-bond acceptors (Lipinski definition) is 6. The molecule has 1 saturated heterocycles. The van der Waals surface area contributed by atoms with Crippen LogP contribution in [0.3, 0.4) is 0 Å². The number of imide groups is 1. The van der Waals surface area contributed by atoms with Crippen molar-refractivity contribution in [3.05, 3.63) is 72.6 Å². The highest BCUT2D eigenvalue weighted by Gasteiger charge is 2.36. The number of amides is 2. The lowest BCUT2D eigenvalue weighted by atomic mass is 10.1. The minimum atomic E-state index is -0.580. The minimum Gasteiger partial charge on any atom is -0.505 e. The van der Waals surface area contributed by atoms with Crippen LogP contribution >= 0.6 is 35.0 Å². The monoisotopic (exact) mass is 424 g/mol. The molecule has 0 saturated carbocycles. The summed E-state index contributed by atoms with van der Waals surface area (Å²) >= 11 is 12.4. The van der Waals surface area contributed by atoms with Crippen molar-refractivity contribution >= 4 is 57.9 Å². The van der Waals surface area contributed by atoms with Crippen LogP contribution in [0.1, 0.15) is 11.1 Å². The molecule has 0 spiro atoms. The van der Waals surface area contributed by atoms with E-state index in [4.69, 9.17) is 23.2 Å². The predicted octanol–water partition coefficient (Wildman–Crippen LogP) is 4.84. The lowest BCUT2D eigenvalue weighted by Crippen LogP contribution is -2.27. The van der Waals surface area contributed by atoms with Crippen LogP contribution in [0.4, 0.5) is 10.5 Å². The third-order valence-electron chi connectivity index (χ3n) is 3.73. The van der Waals surface area contributed by atoms with Crippen molar-refractivity contribution in [2.24, 2.45) is 0 Å². The van der Waals surface area contributed by atoms with Crippen LogP contribution < -0.4 is 0 Å². The smallest absolute Gasteiger partial charge is 0.293 e. The van der Waals surface area contributed by atoms with Crippen LogP contribution in [0.5, 0.6) is 5.75 Å².